The summed E-state index contributed by atoms with van der Waals surface area (Å²) in [4.78, 5) is 7.84. The number of nitrogens with zero attached hydrogens (tertiary/aromatic N) is 4. The van der Waals surface area contributed by atoms with E-state index < -0.39 is 0 Å². The lowest BCUT2D eigenvalue weighted by Gasteiger charge is -2.05. The predicted molar refractivity (Wildman–Crippen MR) is 79.0 cm³/mol. The molecule has 2 aromatic rings. The summed E-state index contributed by atoms with van der Waals surface area (Å²) in [5.74, 6) is 0.381. The SMILES string of the molecule is CNc1nnc(-c2sc(N(C)C)nc2C(C)C)s1. The minimum Gasteiger partial charge on any atom is -0.363 e. The van der Waals surface area contributed by atoms with Crippen LogP contribution in [0.5, 0.6) is 0 Å². The third-order valence-electron chi connectivity index (χ3n) is 2.40. The Bertz CT molecular complexity index is 529. The molecule has 5 nitrogen and oxygen atoms in total. The lowest BCUT2D eigenvalue weighted by atomic mass is 10.1. The number of nitrogens with one attached hydrogen (secondary N) is 1. The van der Waals surface area contributed by atoms with Crippen LogP contribution in [0.15, 0.2) is 0 Å². The molecule has 2 aromatic heterocycles. The van der Waals surface area contributed by atoms with Crippen molar-refractivity contribution >= 4 is 32.9 Å². The van der Waals surface area contributed by atoms with Gasteiger partial charge in [0.1, 0.15) is 0 Å². The average Bonchev–Trinajstić information content (AvgIpc) is 2.95. The van der Waals surface area contributed by atoms with E-state index in [-0.39, 0.29) is 0 Å². The van der Waals surface area contributed by atoms with Gasteiger partial charge in [-0.15, -0.1) is 10.2 Å². The summed E-state index contributed by atoms with van der Waals surface area (Å²) >= 11 is 3.23. The molecule has 2 heterocycles. The van der Waals surface area contributed by atoms with Gasteiger partial charge in [-0.2, -0.15) is 0 Å². The van der Waals surface area contributed by atoms with Crippen LogP contribution >= 0.6 is 22.7 Å². The Hall–Kier alpha value is -1.21. The third-order valence-corrected chi connectivity index (χ3v) is 4.74. The van der Waals surface area contributed by atoms with Gasteiger partial charge >= 0.3 is 0 Å². The number of aromatic nitrogens is 3. The van der Waals surface area contributed by atoms with Crippen LogP contribution in [0.1, 0.15) is 25.5 Å². The molecular weight excluding hydrogens is 266 g/mol. The molecule has 98 valence electrons. The van der Waals surface area contributed by atoms with Gasteiger partial charge in [-0.05, 0) is 5.92 Å². The highest BCUT2D eigenvalue weighted by Gasteiger charge is 2.19. The molecule has 0 unspecified atom stereocenters. The van der Waals surface area contributed by atoms with Crippen LogP contribution in [-0.2, 0) is 0 Å². The monoisotopic (exact) mass is 283 g/mol. The standard InChI is InChI=1S/C11H17N5S2/c1-6(2)7-8(17-11(13-7)16(4)5)9-14-15-10(12-3)18-9/h6H,1-5H3,(H,12,15). The summed E-state index contributed by atoms with van der Waals surface area (Å²) in [5, 5.41) is 14.1. The summed E-state index contributed by atoms with van der Waals surface area (Å²) in [7, 11) is 5.86. The van der Waals surface area contributed by atoms with E-state index in [9.17, 15) is 0 Å². The molecule has 0 saturated heterocycles. The number of hydrogen-bond donors (Lipinski definition) is 1. The van der Waals surface area contributed by atoms with Gasteiger partial charge in [0.15, 0.2) is 10.1 Å². The van der Waals surface area contributed by atoms with Crippen LogP contribution < -0.4 is 10.2 Å². The van der Waals surface area contributed by atoms with Gasteiger partial charge in [-0.3, -0.25) is 0 Å². The average molecular weight is 283 g/mol. The van der Waals surface area contributed by atoms with Crippen molar-refractivity contribution in [3.8, 4) is 9.88 Å². The van der Waals surface area contributed by atoms with Crippen LogP contribution in [-0.4, -0.2) is 36.3 Å². The van der Waals surface area contributed by atoms with Crippen molar-refractivity contribution in [3.63, 3.8) is 0 Å². The fourth-order valence-corrected chi connectivity index (χ4v) is 3.39. The van der Waals surface area contributed by atoms with Crippen molar-refractivity contribution in [2.75, 3.05) is 31.4 Å². The van der Waals surface area contributed by atoms with Gasteiger partial charge in [0.25, 0.3) is 0 Å². The molecule has 0 spiro atoms. The Morgan fingerprint density at radius 3 is 2.39 bits per heavy atom. The molecule has 0 aliphatic rings. The van der Waals surface area contributed by atoms with E-state index in [0.29, 0.717) is 5.92 Å². The van der Waals surface area contributed by atoms with Gasteiger partial charge < -0.3 is 10.2 Å². The van der Waals surface area contributed by atoms with E-state index in [0.717, 1.165) is 25.8 Å². The van der Waals surface area contributed by atoms with Gasteiger partial charge in [-0.1, -0.05) is 36.5 Å². The van der Waals surface area contributed by atoms with E-state index in [4.69, 9.17) is 0 Å². The van der Waals surface area contributed by atoms with E-state index in [1.807, 2.05) is 26.0 Å². The van der Waals surface area contributed by atoms with Crippen molar-refractivity contribution < 1.29 is 0 Å². The first-order valence-electron chi connectivity index (χ1n) is 5.72. The highest BCUT2D eigenvalue weighted by atomic mass is 32.1. The van der Waals surface area contributed by atoms with Crippen molar-refractivity contribution in [2.45, 2.75) is 19.8 Å². The molecule has 0 aromatic carbocycles. The second-order valence-electron chi connectivity index (χ2n) is 4.42. The third kappa shape index (κ3) is 2.46. The fourth-order valence-electron chi connectivity index (χ4n) is 1.47. The number of hydrogen-bond acceptors (Lipinski definition) is 7. The second kappa shape index (κ2) is 5.19. The normalized spacial score (nSPS) is 11.0. The fraction of sp³-hybridized carbons (Fsp3) is 0.545. The van der Waals surface area contributed by atoms with E-state index >= 15 is 0 Å². The smallest absolute Gasteiger partial charge is 0.205 e. The van der Waals surface area contributed by atoms with E-state index in [2.05, 4.69) is 34.3 Å². The zero-order chi connectivity index (χ0) is 13.3. The first-order chi connectivity index (χ1) is 8.52. The molecule has 0 fully saturated rings. The lowest BCUT2D eigenvalue weighted by molar-refractivity contribution is 0.831. The van der Waals surface area contributed by atoms with Crippen molar-refractivity contribution in [2.24, 2.45) is 0 Å². The summed E-state index contributed by atoms with van der Waals surface area (Å²) in [5.41, 5.74) is 1.10. The Balaban J connectivity index is 2.47. The van der Waals surface area contributed by atoms with Gasteiger partial charge in [0.2, 0.25) is 5.13 Å². The molecule has 0 aliphatic heterocycles. The number of rotatable bonds is 4. The Morgan fingerprint density at radius 1 is 1.17 bits per heavy atom. The van der Waals surface area contributed by atoms with E-state index in [1.165, 1.54) is 0 Å². The van der Waals surface area contributed by atoms with Crippen LogP contribution in [0.4, 0.5) is 10.3 Å². The maximum atomic E-state index is 4.68. The van der Waals surface area contributed by atoms with Crippen LogP contribution in [0, 0.1) is 0 Å². The maximum absolute atomic E-state index is 4.68. The molecular formula is C11H17N5S2. The first-order valence-corrected chi connectivity index (χ1v) is 7.36. The molecule has 7 heteroatoms. The molecule has 0 bridgehead atoms. The van der Waals surface area contributed by atoms with Crippen LogP contribution in [0.2, 0.25) is 0 Å². The Morgan fingerprint density at radius 2 is 1.89 bits per heavy atom. The lowest BCUT2D eigenvalue weighted by Crippen LogP contribution is -2.08. The second-order valence-corrected chi connectivity index (χ2v) is 6.38. The van der Waals surface area contributed by atoms with Crippen LogP contribution in [0.25, 0.3) is 9.88 Å². The molecule has 0 aliphatic carbocycles. The topological polar surface area (TPSA) is 53.9 Å². The summed E-state index contributed by atoms with van der Waals surface area (Å²) in [6, 6.07) is 0. The first kappa shape index (κ1) is 13.2. The largest absolute Gasteiger partial charge is 0.363 e. The zero-order valence-electron chi connectivity index (χ0n) is 11.2. The quantitative estimate of drug-likeness (QED) is 0.935. The molecule has 1 N–H and O–H groups in total. The van der Waals surface area contributed by atoms with Crippen molar-refractivity contribution in [3.05, 3.63) is 5.69 Å². The summed E-state index contributed by atoms with van der Waals surface area (Å²) in [6.07, 6.45) is 0. The highest BCUT2D eigenvalue weighted by Crippen LogP contribution is 2.39. The number of anilines is 2. The summed E-state index contributed by atoms with van der Waals surface area (Å²) in [6.45, 7) is 4.30. The van der Waals surface area contributed by atoms with Crippen molar-refractivity contribution in [1.82, 2.24) is 15.2 Å². The zero-order valence-corrected chi connectivity index (χ0v) is 12.8. The van der Waals surface area contributed by atoms with Crippen molar-refractivity contribution in [1.29, 1.82) is 0 Å². The van der Waals surface area contributed by atoms with E-state index in [1.54, 1.807) is 22.7 Å². The molecule has 18 heavy (non-hydrogen) atoms. The molecule has 0 atom stereocenters. The molecule has 0 amide bonds. The predicted octanol–water partition coefficient (Wildman–Crippen LogP) is 2.89. The Kier molecular flexibility index (Phi) is 3.82. The van der Waals surface area contributed by atoms with Gasteiger partial charge in [-0.25, -0.2) is 4.98 Å². The van der Waals surface area contributed by atoms with Crippen LogP contribution in [0.3, 0.4) is 0 Å². The molecule has 0 radical (unpaired) electrons. The number of thiazole rings is 1. The minimum absolute atomic E-state index is 0.381. The molecule has 0 saturated carbocycles. The van der Waals surface area contributed by atoms with Gasteiger partial charge in [0, 0.05) is 21.1 Å². The minimum atomic E-state index is 0.381. The molecule has 2 rings (SSSR count). The maximum Gasteiger partial charge on any atom is 0.205 e. The highest BCUT2D eigenvalue weighted by molar-refractivity contribution is 7.25. The van der Waals surface area contributed by atoms with Gasteiger partial charge in [0.05, 0.1) is 10.6 Å². The summed E-state index contributed by atoms with van der Waals surface area (Å²) < 4.78 is 0. The Labute approximate surface area is 115 Å².